The first kappa shape index (κ1) is 21.3. The Kier molecular flexibility index (Phi) is 5.73. The summed E-state index contributed by atoms with van der Waals surface area (Å²) in [7, 11) is 0. The summed E-state index contributed by atoms with van der Waals surface area (Å²) in [6.45, 7) is 2.98. The molecule has 1 aliphatic rings. The number of hydrogen-bond donors (Lipinski definition) is 2. The molecule has 0 spiro atoms. The van der Waals surface area contributed by atoms with Crippen LogP contribution in [0, 0.1) is 6.92 Å². The topological polar surface area (TPSA) is 111 Å². The van der Waals surface area contributed by atoms with Crippen molar-refractivity contribution < 1.29 is 14.3 Å². The summed E-state index contributed by atoms with van der Waals surface area (Å²) in [6, 6.07) is 18.3. The maximum atomic E-state index is 12.4. The van der Waals surface area contributed by atoms with Gasteiger partial charge in [0.25, 0.3) is 11.8 Å². The van der Waals surface area contributed by atoms with Crippen molar-refractivity contribution in [1.29, 1.82) is 0 Å². The molecule has 2 aromatic carbocycles. The summed E-state index contributed by atoms with van der Waals surface area (Å²) in [5, 5.41) is 10.1. The normalized spacial score (nSPS) is 12.6. The summed E-state index contributed by atoms with van der Waals surface area (Å²) >= 11 is 0. The molecule has 2 N–H and O–H groups in total. The van der Waals surface area contributed by atoms with E-state index in [-0.39, 0.29) is 18.4 Å². The zero-order chi connectivity index (χ0) is 23.5. The quantitative estimate of drug-likeness (QED) is 0.463. The van der Waals surface area contributed by atoms with Crippen molar-refractivity contribution in [3.63, 3.8) is 0 Å². The second kappa shape index (κ2) is 9.14. The van der Waals surface area contributed by atoms with Crippen LogP contribution in [0.15, 0.2) is 66.9 Å². The molecule has 170 valence electrons. The van der Waals surface area contributed by atoms with Gasteiger partial charge in [-0.1, -0.05) is 29.8 Å². The van der Waals surface area contributed by atoms with Gasteiger partial charge in [-0.05, 0) is 43.3 Å². The third-order valence-corrected chi connectivity index (χ3v) is 5.36. The minimum Gasteiger partial charge on any atom is -0.483 e. The van der Waals surface area contributed by atoms with Crippen LogP contribution in [-0.4, -0.2) is 44.7 Å². The Balaban J connectivity index is 1.34. The first-order chi connectivity index (χ1) is 16.6. The van der Waals surface area contributed by atoms with Gasteiger partial charge in [-0.2, -0.15) is 5.10 Å². The fraction of sp³-hybridized carbons (Fsp3) is 0.160. The Morgan fingerprint density at radius 3 is 2.76 bits per heavy atom. The maximum absolute atomic E-state index is 12.4. The van der Waals surface area contributed by atoms with Crippen LogP contribution in [0.4, 0.5) is 5.69 Å². The van der Waals surface area contributed by atoms with E-state index < -0.39 is 0 Å². The summed E-state index contributed by atoms with van der Waals surface area (Å²) in [5.41, 5.74) is 4.15. The predicted molar refractivity (Wildman–Crippen MR) is 126 cm³/mol. The molecule has 4 aromatic rings. The number of carbonyl (C=O) groups excluding carboxylic acids is 2. The van der Waals surface area contributed by atoms with E-state index in [4.69, 9.17) is 4.74 Å². The lowest BCUT2D eigenvalue weighted by atomic mass is 10.1. The standard InChI is InChI=1S/C25H22N6O3/c1-16-6-8-17(9-7-16)28-23(32)15-34-22-5-3-2-4-18(22)24-26-11-10-19(29-24)20-14-21-25(33)27-12-13-31(21)30-20/h2-11,14H,12-13,15H2,1H3,(H,27,33)(H,28,32). The second-order valence-electron chi connectivity index (χ2n) is 7.86. The molecule has 0 saturated carbocycles. The van der Waals surface area contributed by atoms with E-state index in [1.807, 2.05) is 49.4 Å². The molecule has 0 fully saturated rings. The van der Waals surface area contributed by atoms with Crippen molar-refractivity contribution in [1.82, 2.24) is 25.1 Å². The number of nitrogens with one attached hydrogen (secondary N) is 2. The zero-order valence-electron chi connectivity index (χ0n) is 18.5. The third-order valence-electron chi connectivity index (χ3n) is 5.36. The number of carbonyl (C=O) groups is 2. The number of anilines is 1. The van der Waals surface area contributed by atoms with Gasteiger partial charge in [0.2, 0.25) is 0 Å². The van der Waals surface area contributed by atoms with E-state index in [0.29, 0.717) is 53.0 Å². The highest BCUT2D eigenvalue weighted by Gasteiger charge is 2.21. The Hall–Kier alpha value is -4.53. The van der Waals surface area contributed by atoms with Crippen LogP contribution in [0.25, 0.3) is 22.8 Å². The summed E-state index contributed by atoms with van der Waals surface area (Å²) in [4.78, 5) is 33.5. The van der Waals surface area contributed by atoms with Crippen LogP contribution < -0.4 is 15.4 Å². The molecule has 5 rings (SSSR count). The number of nitrogens with zero attached hydrogens (tertiary/aromatic N) is 4. The average molecular weight is 454 g/mol. The first-order valence-electron chi connectivity index (χ1n) is 10.8. The number of hydrogen-bond acceptors (Lipinski definition) is 6. The van der Waals surface area contributed by atoms with Crippen molar-refractivity contribution in [2.24, 2.45) is 0 Å². The van der Waals surface area contributed by atoms with Gasteiger partial charge in [-0.15, -0.1) is 0 Å². The van der Waals surface area contributed by atoms with E-state index in [0.717, 1.165) is 5.56 Å². The number of amides is 2. The van der Waals surface area contributed by atoms with Crippen LogP contribution in [0.2, 0.25) is 0 Å². The van der Waals surface area contributed by atoms with Gasteiger partial charge in [0.15, 0.2) is 12.4 Å². The van der Waals surface area contributed by atoms with Crippen LogP contribution in [0.1, 0.15) is 16.1 Å². The maximum Gasteiger partial charge on any atom is 0.269 e. The molecule has 0 saturated heterocycles. The van der Waals surface area contributed by atoms with Crippen molar-refractivity contribution in [2.75, 3.05) is 18.5 Å². The second-order valence-corrected chi connectivity index (χ2v) is 7.86. The van der Waals surface area contributed by atoms with Crippen molar-refractivity contribution >= 4 is 17.5 Å². The molecule has 0 atom stereocenters. The fourth-order valence-corrected chi connectivity index (χ4v) is 3.65. The third kappa shape index (κ3) is 4.49. The molecule has 1 aliphatic heterocycles. The molecule has 0 bridgehead atoms. The molecule has 0 unspecified atom stereocenters. The lowest BCUT2D eigenvalue weighted by Gasteiger charge is -2.13. The van der Waals surface area contributed by atoms with Gasteiger partial charge in [-0.25, -0.2) is 9.97 Å². The Bertz CT molecular complexity index is 1360. The van der Waals surface area contributed by atoms with Gasteiger partial charge >= 0.3 is 0 Å². The van der Waals surface area contributed by atoms with Crippen molar-refractivity contribution in [3.8, 4) is 28.5 Å². The van der Waals surface area contributed by atoms with Gasteiger partial charge in [-0.3, -0.25) is 14.3 Å². The lowest BCUT2D eigenvalue weighted by Crippen LogP contribution is -2.35. The first-order valence-corrected chi connectivity index (χ1v) is 10.8. The Labute approximate surface area is 195 Å². The van der Waals surface area contributed by atoms with Crippen LogP contribution >= 0.6 is 0 Å². The molecule has 9 nitrogen and oxygen atoms in total. The van der Waals surface area contributed by atoms with Gasteiger partial charge in [0, 0.05) is 18.4 Å². The van der Waals surface area contributed by atoms with Crippen molar-refractivity contribution in [2.45, 2.75) is 13.5 Å². The number of aryl methyl sites for hydroxylation is 1. The minimum atomic E-state index is -0.268. The van der Waals surface area contributed by atoms with Gasteiger partial charge in [0.1, 0.15) is 17.1 Å². The summed E-state index contributed by atoms with van der Waals surface area (Å²) in [6.07, 6.45) is 1.64. The van der Waals surface area contributed by atoms with Gasteiger partial charge in [0.05, 0.1) is 17.8 Å². The SMILES string of the molecule is Cc1ccc(NC(=O)COc2ccccc2-c2nccc(-c3cc4n(n3)CCNC4=O)n2)cc1. The highest BCUT2D eigenvalue weighted by atomic mass is 16.5. The highest BCUT2D eigenvalue weighted by Crippen LogP contribution is 2.29. The highest BCUT2D eigenvalue weighted by molar-refractivity contribution is 5.94. The number of benzene rings is 2. The minimum absolute atomic E-state index is 0.151. The van der Waals surface area contributed by atoms with E-state index in [2.05, 4.69) is 25.7 Å². The summed E-state index contributed by atoms with van der Waals surface area (Å²) < 4.78 is 7.49. The van der Waals surface area contributed by atoms with E-state index in [1.165, 1.54) is 0 Å². The van der Waals surface area contributed by atoms with Crippen LogP contribution in [-0.2, 0) is 11.3 Å². The smallest absolute Gasteiger partial charge is 0.269 e. The zero-order valence-corrected chi connectivity index (χ0v) is 18.5. The molecule has 34 heavy (non-hydrogen) atoms. The van der Waals surface area contributed by atoms with E-state index in [9.17, 15) is 9.59 Å². The molecular weight excluding hydrogens is 432 g/mol. The molecule has 2 aromatic heterocycles. The number of para-hydroxylation sites is 1. The summed E-state index contributed by atoms with van der Waals surface area (Å²) in [5.74, 6) is 0.502. The monoisotopic (exact) mass is 454 g/mol. The van der Waals surface area contributed by atoms with Gasteiger partial charge < -0.3 is 15.4 Å². The van der Waals surface area contributed by atoms with E-state index >= 15 is 0 Å². The number of fused-ring (bicyclic) bond motifs is 1. The predicted octanol–water partition coefficient (Wildman–Crippen LogP) is 3.08. The average Bonchev–Trinajstić information content (AvgIpc) is 3.30. The molecule has 0 aliphatic carbocycles. The molecule has 3 heterocycles. The molecule has 0 radical (unpaired) electrons. The lowest BCUT2D eigenvalue weighted by molar-refractivity contribution is -0.118. The molecule has 9 heteroatoms. The molecular formula is C25H22N6O3. The number of ether oxygens (including phenoxy) is 1. The van der Waals surface area contributed by atoms with Crippen LogP contribution in [0.3, 0.4) is 0 Å². The van der Waals surface area contributed by atoms with E-state index in [1.54, 1.807) is 29.1 Å². The fourth-order valence-electron chi connectivity index (χ4n) is 3.65. The number of rotatable bonds is 6. The number of aromatic nitrogens is 4. The molecule has 2 amide bonds. The largest absolute Gasteiger partial charge is 0.483 e. The Morgan fingerprint density at radius 1 is 1.12 bits per heavy atom. The van der Waals surface area contributed by atoms with Crippen LogP contribution in [0.5, 0.6) is 5.75 Å². The van der Waals surface area contributed by atoms with Crippen molar-refractivity contribution in [3.05, 3.63) is 78.1 Å². The Morgan fingerprint density at radius 2 is 1.94 bits per heavy atom.